The highest BCUT2D eigenvalue weighted by molar-refractivity contribution is 6.58. The summed E-state index contributed by atoms with van der Waals surface area (Å²) in [5.74, 6) is -2.13. The topological polar surface area (TPSA) is 9.23 Å². The van der Waals surface area contributed by atoms with Crippen molar-refractivity contribution in [3.63, 3.8) is 0 Å². The number of hydrogen-bond acceptors (Lipinski definition) is 1. The molecule has 0 atom stereocenters. The Morgan fingerprint density at radius 2 is 1.45 bits per heavy atom. The van der Waals surface area contributed by atoms with Crippen LogP contribution in [0.25, 0.3) is 0 Å². The van der Waals surface area contributed by atoms with Crippen LogP contribution in [0.1, 0.15) is 62.8 Å². The zero-order valence-corrected chi connectivity index (χ0v) is 18.8. The zero-order chi connectivity index (χ0) is 22.4. The van der Waals surface area contributed by atoms with E-state index in [1.807, 2.05) is 0 Å². The van der Waals surface area contributed by atoms with E-state index in [4.69, 9.17) is 0 Å². The zero-order valence-electron chi connectivity index (χ0n) is 17.6. The second-order valence-electron chi connectivity index (χ2n) is 9.03. The van der Waals surface area contributed by atoms with Gasteiger partial charge in [-0.15, -0.1) is 0 Å². The number of benzene rings is 1. The molecular formula is C23H30F6OSi. The monoisotopic (exact) mass is 464 g/mol. The van der Waals surface area contributed by atoms with Crippen LogP contribution >= 0.6 is 0 Å². The highest BCUT2D eigenvalue weighted by Crippen LogP contribution is 2.44. The van der Waals surface area contributed by atoms with Crippen LogP contribution in [0.5, 0.6) is 5.75 Å². The number of ether oxygens (including phenoxy) is 1. The molecule has 1 nitrogen and oxygen atoms in total. The van der Waals surface area contributed by atoms with Crippen molar-refractivity contribution in [1.82, 2.24) is 0 Å². The van der Waals surface area contributed by atoms with Crippen molar-refractivity contribution >= 4 is 8.80 Å². The quantitative estimate of drug-likeness (QED) is 0.164. The average molecular weight is 465 g/mol. The highest BCUT2D eigenvalue weighted by atomic mass is 28.3. The second-order valence-corrected chi connectivity index (χ2v) is 12.5. The smallest absolute Gasteiger partial charge is 0.344 e. The predicted octanol–water partition coefficient (Wildman–Crippen LogP) is 8.04. The van der Waals surface area contributed by atoms with E-state index in [9.17, 15) is 26.3 Å². The average Bonchev–Trinajstić information content (AvgIpc) is 2.76. The third-order valence-corrected chi connectivity index (χ3v) is 10.7. The lowest BCUT2D eigenvalue weighted by atomic mass is 9.72. The molecule has 1 saturated carbocycles. The summed E-state index contributed by atoms with van der Waals surface area (Å²) in [6.07, 6.45) is 5.16. The van der Waals surface area contributed by atoms with Gasteiger partial charge in [0.25, 0.3) is 0 Å². The molecule has 0 bridgehead atoms. The maximum Gasteiger partial charge on any atom is 0.344 e. The molecule has 174 valence electrons. The van der Waals surface area contributed by atoms with Crippen molar-refractivity contribution in [3.05, 3.63) is 41.4 Å². The summed E-state index contributed by atoms with van der Waals surface area (Å²) < 4.78 is 81.9. The van der Waals surface area contributed by atoms with Crippen molar-refractivity contribution in [2.45, 2.75) is 75.4 Å². The van der Waals surface area contributed by atoms with Gasteiger partial charge in [-0.05, 0) is 67.6 Å². The summed E-state index contributed by atoms with van der Waals surface area (Å²) in [5, 5.41) is 0. The van der Waals surface area contributed by atoms with Gasteiger partial charge in [0, 0.05) is 8.80 Å². The Morgan fingerprint density at radius 3 is 2.00 bits per heavy atom. The number of hydrogen-bond donors (Lipinski definition) is 0. The Hall–Kier alpha value is -1.44. The maximum absolute atomic E-state index is 14.2. The van der Waals surface area contributed by atoms with Gasteiger partial charge < -0.3 is 4.74 Å². The van der Waals surface area contributed by atoms with E-state index in [1.165, 1.54) is 31.0 Å². The van der Waals surface area contributed by atoms with E-state index in [2.05, 4.69) is 4.74 Å². The van der Waals surface area contributed by atoms with Gasteiger partial charge in [-0.25, -0.2) is 8.78 Å². The molecule has 1 aromatic carbocycles. The molecule has 1 saturated heterocycles. The van der Waals surface area contributed by atoms with Crippen molar-refractivity contribution < 1.29 is 31.1 Å². The van der Waals surface area contributed by atoms with Gasteiger partial charge >= 0.3 is 12.1 Å². The van der Waals surface area contributed by atoms with Crippen LogP contribution in [0.3, 0.4) is 0 Å². The molecule has 1 aromatic rings. The van der Waals surface area contributed by atoms with E-state index in [1.54, 1.807) is 0 Å². The third kappa shape index (κ3) is 6.53. The first-order valence-electron chi connectivity index (χ1n) is 11.3. The van der Waals surface area contributed by atoms with Gasteiger partial charge in [0.2, 0.25) is 5.75 Å². The lowest BCUT2D eigenvalue weighted by Gasteiger charge is -2.37. The predicted molar refractivity (Wildman–Crippen MR) is 112 cm³/mol. The first kappa shape index (κ1) is 24.2. The van der Waals surface area contributed by atoms with Gasteiger partial charge in [0.15, 0.2) is 11.6 Å². The summed E-state index contributed by atoms with van der Waals surface area (Å²) in [6.45, 7) is -0.208. The Kier molecular flexibility index (Phi) is 8.92. The Morgan fingerprint density at radius 1 is 0.871 bits per heavy atom. The van der Waals surface area contributed by atoms with Crippen LogP contribution < -0.4 is 4.74 Å². The van der Waals surface area contributed by atoms with E-state index in [-0.39, 0.29) is 12.6 Å². The Bertz CT molecular complexity index is 727. The number of halogens is 6. The van der Waals surface area contributed by atoms with Crippen molar-refractivity contribution in [2.75, 3.05) is 6.67 Å². The highest BCUT2D eigenvalue weighted by Gasteiger charge is 2.32. The fourth-order valence-corrected chi connectivity index (χ4v) is 8.97. The van der Waals surface area contributed by atoms with Gasteiger partial charge in [-0.1, -0.05) is 37.4 Å². The molecule has 0 unspecified atom stereocenters. The van der Waals surface area contributed by atoms with Crippen molar-refractivity contribution in [2.24, 2.45) is 11.8 Å². The molecular weight excluding hydrogens is 434 g/mol. The molecule has 0 aromatic heterocycles. The molecule has 2 fully saturated rings. The van der Waals surface area contributed by atoms with Gasteiger partial charge in [-0.3, -0.25) is 4.39 Å². The molecule has 0 amide bonds. The first-order valence-corrected chi connectivity index (χ1v) is 13.8. The van der Waals surface area contributed by atoms with Gasteiger partial charge in [0.05, 0.1) is 6.67 Å². The van der Waals surface area contributed by atoms with Crippen molar-refractivity contribution in [3.8, 4) is 5.75 Å². The fraction of sp³-hybridized carbons (Fsp3) is 0.652. The summed E-state index contributed by atoms with van der Waals surface area (Å²) in [7, 11) is -0.684. The molecule has 8 heteroatoms. The number of rotatable bonds is 8. The molecule has 2 aliphatic rings. The largest absolute Gasteiger partial charge is 0.422 e. The first-order chi connectivity index (χ1) is 14.9. The minimum Gasteiger partial charge on any atom is -0.422 e. The molecule has 0 spiro atoms. The van der Waals surface area contributed by atoms with E-state index < -0.39 is 38.3 Å². The second kappa shape index (κ2) is 11.4. The van der Waals surface area contributed by atoms with E-state index in [0.717, 1.165) is 50.2 Å². The number of unbranched alkanes of at least 4 members (excludes halogenated alkanes) is 1. The molecule has 1 aliphatic heterocycles. The summed E-state index contributed by atoms with van der Waals surface area (Å²) >= 11 is 0. The lowest BCUT2D eigenvalue weighted by molar-refractivity contribution is 0.214. The normalized spacial score (nSPS) is 26.5. The van der Waals surface area contributed by atoms with Gasteiger partial charge in [0.1, 0.15) is 0 Å². The molecule has 1 aliphatic carbocycles. The minimum atomic E-state index is -2.77. The molecule has 0 N–H and O–H groups in total. The SMILES string of the molecule is FCCCC[Si@H]1CC[C@H](C2CCC(c3cc(F)c(OC(F)=C(F)F)c(F)c3)CC2)CC1. The molecule has 3 rings (SSSR count). The van der Waals surface area contributed by atoms with Crippen LogP contribution in [0.15, 0.2) is 24.2 Å². The van der Waals surface area contributed by atoms with Crippen LogP contribution in [-0.4, -0.2) is 15.5 Å². The summed E-state index contributed by atoms with van der Waals surface area (Å²) in [6, 6.07) is 3.80. The Balaban J connectivity index is 1.51. The lowest BCUT2D eigenvalue weighted by Crippen LogP contribution is -2.28. The van der Waals surface area contributed by atoms with Crippen LogP contribution in [-0.2, 0) is 0 Å². The molecule has 31 heavy (non-hydrogen) atoms. The van der Waals surface area contributed by atoms with E-state index in [0.29, 0.717) is 17.9 Å². The maximum atomic E-state index is 14.2. The molecule has 1 heterocycles. The van der Waals surface area contributed by atoms with Crippen LogP contribution in [0.4, 0.5) is 26.3 Å². The molecule has 0 radical (unpaired) electrons. The van der Waals surface area contributed by atoms with Crippen LogP contribution in [0.2, 0.25) is 18.1 Å². The summed E-state index contributed by atoms with van der Waals surface area (Å²) in [4.78, 5) is 0. The van der Waals surface area contributed by atoms with E-state index >= 15 is 0 Å². The Labute approximate surface area is 181 Å². The van der Waals surface area contributed by atoms with Crippen LogP contribution in [0, 0.1) is 23.5 Å². The third-order valence-electron chi connectivity index (χ3n) is 7.16. The minimum absolute atomic E-state index is 0.000912. The summed E-state index contributed by atoms with van der Waals surface area (Å²) in [5.41, 5.74) is 0.467. The van der Waals surface area contributed by atoms with Crippen molar-refractivity contribution in [1.29, 1.82) is 0 Å². The fourth-order valence-electron chi connectivity index (χ4n) is 5.44. The number of alkyl halides is 1. The van der Waals surface area contributed by atoms with Gasteiger partial charge in [-0.2, -0.15) is 13.2 Å². The standard InChI is InChI=1S/C23H30F6OSi/c24-9-1-2-10-31-11-7-17(8-12-31)15-3-5-16(6-4-15)18-13-19(25)21(20(26)14-18)30-23(29)22(27)28/h13-17,31H,1-12H2/t15?,16?,17-,31-.